The van der Waals surface area contributed by atoms with Gasteiger partial charge in [-0.3, -0.25) is 14.9 Å². The first-order valence-electron chi connectivity index (χ1n) is 15.0. The molecule has 0 unspecified atom stereocenters. The molecule has 230 valence electrons. The highest BCUT2D eigenvalue weighted by atomic mass is 35.5. The van der Waals surface area contributed by atoms with Crippen LogP contribution in [0.1, 0.15) is 68.1 Å². The van der Waals surface area contributed by atoms with E-state index in [0.29, 0.717) is 36.1 Å². The zero-order chi connectivity index (χ0) is 30.1. The Labute approximate surface area is 269 Å². The highest BCUT2D eigenvalue weighted by Crippen LogP contribution is 2.44. The van der Waals surface area contributed by atoms with Crippen LogP contribution in [0.4, 0.5) is 20.2 Å². The maximum absolute atomic E-state index is 15.3. The quantitative estimate of drug-likeness (QED) is 0.263. The molecule has 1 amide bonds. The summed E-state index contributed by atoms with van der Waals surface area (Å²) in [5.74, 6) is -0.764. The third kappa shape index (κ3) is 6.82. The third-order valence-electron chi connectivity index (χ3n) is 9.21. The lowest BCUT2D eigenvalue weighted by molar-refractivity contribution is -0.142. The van der Waals surface area contributed by atoms with E-state index in [1.807, 2.05) is 11.4 Å². The lowest BCUT2D eigenvalue weighted by Crippen LogP contribution is -2.37. The fourth-order valence-corrected chi connectivity index (χ4v) is 9.36. The second-order valence-electron chi connectivity index (χ2n) is 11.9. The molecule has 1 aliphatic carbocycles. The van der Waals surface area contributed by atoms with E-state index in [-0.39, 0.29) is 16.3 Å². The normalized spacial score (nSPS) is 19.1. The van der Waals surface area contributed by atoms with E-state index >= 15 is 4.39 Å². The number of hydrogen-bond acceptors (Lipinski definition) is 7. The molecule has 2 saturated heterocycles. The van der Waals surface area contributed by atoms with Crippen molar-refractivity contribution in [3.63, 3.8) is 0 Å². The summed E-state index contributed by atoms with van der Waals surface area (Å²) in [4.78, 5) is 34.5. The number of nitrogens with one attached hydrogen (secondary N) is 1. The molecular weight excluding hydrogens is 630 g/mol. The number of hydrogen-bond donors (Lipinski definition) is 2. The van der Waals surface area contributed by atoms with Gasteiger partial charge in [0.15, 0.2) is 5.13 Å². The minimum absolute atomic E-state index is 0.0948. The number of benzene rings is 1. The van der Waals surface area contributed by atoms with Gasteiger partial charge in [-0.15, -0.1) is 11.3 Å². The van der Waals surface area contributed by atoms with Gasteiger partial charge in [-0.2, -0.15) is 0 Å². The second kappa shape index (κ2) is 13.3. The SMILES string of the molecule is O=C(Nc1nc(-c2cc(Cl)cs2)c(N2CCC(C3CCCCC3)CC2)s1)c1cc(F)c(N2CCC(C(=O)O)CC2)c(Cl)c1. The Morgan fingerprint density at radius 3 is 2.23 bits per heavy atom. The number of halogens is 3. The molecule has 2 aliphatic heterocycles. The summed E-state index contributed by atoms with van der Waals surface area (Å²) in [5.41, 5.74) is 1.10. The van der Waals surface area contributed by atoms with Crippen LogP contribution < -0.4 is 15.1 Å². The standard InChI is InChI=1S/C31H35Cl2FN4O3S2/c32-22-16-25(42-17-22)26-29(38-12-6-19(7-13-38)18-4-2-1-3-5-18)43-31(35-26)36-28(39)21-14-23(33)27(24(34)15-21)37-10-8-20(9-11-37)30(40)41/h14-20H,1-13H2,(H,40,41)(H,35,36,39). The summed E-state index contributed by atoms with van der Waals surface area (Å²) >= 11 is 15.7. The van der Waals surface area contributed by atoms with Crippen LogP contribution in [0, 0.1) is 23.6 Å². The second-order valence-corrected chi connectivity index (χ2v) is 14.6. The Balaban J connectivity index is 1.18. The number of aliphatic carboxylic acids is 1. The number of piperidine rings is 2. The first-order chi connectivity index (χ1) is 20.8. The van der Waals surface area contributed by atoms with Crippen LogP contribution in [0.25, 0.3) is 10.6 Å². The number of thiophene rings is 1. The number of carboxylic acids is 1. The minimum atomic E-state index is -0.835. The first-order valence-corrected chi connectivity index (χ1v) is 17.5. The van der Waals surface area contributed by atoms with Crippen molar-refractivity contribution in [2.75, 3.05) is 41.3 Å². The Hall–Kier alpha value is -2.40. The van der Waals surface area contributed by atoms with Crippen LogP contribution in [0.3, 0.4) is 0 Å². The van der Waals surface area contributed by atoms with Gasteiger partial charge in [0, 0.05) is 37.1 Å². The molecule has 3 aromatic rings. The molecule has 0 bridgehead atoms. The van der Waals surface area contributed by atoms with Gasteiger partial charge < -0.3 is 14.9 Å². The molecule has 7 nitrogen and oxygen atoms in total. The van der Waals surface area contributed by atoms with Gasteiger partial charge in [-0.25, -0.2) is 9.37 Å². The van der Waals surface area contributed by atoms with Crippen molar-refractivity contribution in [3.8, 4) is 10.6 Å². The summed E-state index contributed by atoms with van der Waals surface area (Å²) in [6.45, 7) is 2.67. The summed E-state index contributed by atoms with van der Waals surface area (Å²) in [5, 5.41) is 16.2. The predicted molar refractivity (Wildman–Crippen MR) is 174 cm³/mol. The average Bonchev–Trinajstić information content (AvgIpc) is 3.63. The number of rotatable bonds is 7. The number of carbonyl (C=O) groups excluding carboxylic acids is 1. The topological polar surface area (TPSA) is 85.8 Å². The van der Waals surface area contributed by atoms with Gasteiger partial charge in [-0.1, -0.05) is 66.6 Å². The summed E-state index contributed by atoms with van der Waals surface area (Å²) in [7, 11) is 0. The Morgan fingerprint density at radius 2 is 1.60 bits per heavy atom. The fraction of sp³-hybridized carbons (Fsp3) is 0.516. The first kappa shape index (κ1) is 30.6. The number of nitrogens with zero attached hydrogens (tertiary/aromatic N) is 3. The van der Waals surface area contributed by atoms with Crippen LogP contribution in [0.5, 0.6) is 0 Å². The Morgan fingerprint density at radius 1 is 0.930 bits per heavy atom. The molecule has 6 rings (SSSR count). The zero-order valence-corrected chi connectivity index (χ0v) is 26.9. The molecule has 2 N–H and O–H groups in total. The van der Waals surface area contributed by atoms with E-state index in [9.17, 15) is 14.7 Å². The number of anilines is 3. The van der Waals surface area contributed by atoms with E-state index in [0.717, 1.165) is 53.3 Å². The van der Waals surface area contributed by atoms with Crippen molar-refractivity contribution in [2.45, 2.75) is 57.8 Å². The molecule has 43 heavy (non-hydrogen) atoms. The van der Waals surface area contributed by atoms with Crippen LogP contribution in [-0.2, 0) is 4.79 Å². The van der Waals surface area contributed by atoms with Gasteiger partial charge >= 0.3 is 5.97 Å². The molecule has 0 spiro atoms. The number of carbonyl (C=O) groups is 2. The van der Waals surface area contributed by atoms with Gasteiger partial charge in [0.1, 0.15) is 16.5 Å². The molecule has 2 aromatic heterocycles. The lowest BCUT2D eigenvalue weighted by atomic mass is 9.76. The van der Waals surface area contributed by atoms with Gasteiger partial charge in [0.25, 0.3) is 5.91 Å². The number of aromatic nitrogens is 1. The fourth-order valence-electron chi connectivity index (χ4n) is 6.88. The predicted octanol–water partition coefficient (Wildman–Crippen LogP) is 8.67. The molecule has 3 aliphatic rings. The highest BCUT2D eigenvalue weighted by molar-refractivity contribution is 7.21. The summed E-state index contributed by atoms with van der Waals surface area (Å²) in [6.07, 6.45) is 9.94. The van der Waals surface area contributed by atoms with Crippen molar-refractivity contribution in [2.24, 2.45) is 17.8 Å². The number of thiazole rings is 1. The van der Waals surface area contributed by atoms with Crippen LogP contribution >= 0.6 is 45.9 Å². The molecule has 4 heterocycles. The largest absolute Gasteiger partial charge is 0.481 e. The molecule has 3 fully saturated rings. The number of carboxylic acid groups (broad SMARTS) is 1. The maximum atomic E-state index is 15.3. The molecule has 1 saturated carbocycles. The van der Waals surface area contributed by atoms with E-state index in [1.54, 1.807) is 4.90 Å². The van der Waals surface area contributed by atoms with Crippen LogP contribution in [0.2, 0.25) is 10.0 Å². The van der Waals surface area contributed by atoms with Crippen molar-refractivity contribution in [1.82, 2.24) is 4.98 Å². The molecular formula is C31H35Cl2FN4O3S2. The smallest absolute Gasteiger partial charge is 0.306 e. The van der Waals surface area contributed by atoms with Crippen molar-refractivity contribution < 1.29 is 19.1 Å². The molecule has 0 radical (unpaired) electrons. The van der Waals surface area contributed by atoms with E-state index in [4.69, 9.17) is 28.2 Å². The van der Waals surface area contributed by atoms with Gasteiger partial charge in [0.2, 0.25) is 0 Å². The van der Waals surface area contributed by atoms with Crippen molar-refractivity contribution in [3.05, 3.63) is 45.0 Å². The van der Waals surface area contributed by atoms with Crippen molar-refractivity contribution >= 4 is 73.6 Å². The molecule has 0 atom stereocenters. The molecule has 1 aromatic carbocycles. The maximum Gasteiger partial charge on any atom is 0.306 e. The Bertz CT molecular complexity index is 1450. The Kier molecular flexibility index (Phi) is 9.47. The van der Waals surface area contributed by atoms with Crippen LogP contribution in [0.15, 0.2) is 23.6 Å². The average molecular weight is 666 g/mol. The van der Waals surface area contributed by atoms with E-state index < -0.39 is 23.6 Å². The molecule has 12 heteroatoms. The summed E-state index contributed by atoms with van der Waals surface area (Å²) in [6, 6.07) is 4.55. The lowest BCUT2D eigenvalue weighted by Gasteiger charge is -2.38. The van der Waals surface area contributed by atoms with Gasteiger partial charge in [-0.05, 0) is 55.7 Å². The highest BCUT2D eigenvalue weighted by Gasteiger charge is 2.31. The number of amides is 1. The third-order valence-corrected chi connectivity index (χ3v) is 11.8. The van der Waals surface area contributed by atoms with Crippen molar-refractivity contribution in [1.29, 1.82) is 0 Å². The van der Waals surface area contributed by atoms with Gasteiger partial charge in [0.05, 0.1) is 26.5 Å². The van der Waals surface area contributed by atoms with E-state index in [1.165, 1.54) is 66.9 Å². The summed E-state index contributed by atoms with van der Waals surface area (Å²) < 4.78 is 15.3. The zero-order valence-electron chi connectivity index (χ0n) is 23.8. The van der Waals surface area contributed by atoms with E-state index in [2.05, 4.69) is 10.2 Å². The monoisotopic (exact) mass is 664 g/mol. The van der Waals surface area contributed by atoms with Crippen LogP contribution in [-0.4, -0.2) is 48.1 Å². The minimum Gasteiger partial charge on any atom is -0.481 e.